The van der Waals surface area contributed by atoms with Gasteiger partial charge in [0, 0.05) is 13.5 Å². The second-order valence-electron chi connectivity index (χ2n) is 7.72. The molecule has 2 aromatic rings. The fourth-order valence-corrected chi connectivity index (χ4v) is 3.55. The number of aryl methyl sites for hydroxylation is 1. The van der Waals surface area contributed by atoms with E-state index in [-0.39, 0.29) is 5.91 Å². The lowest BCUT2D eigenvalue weighted by atomic mass is 9.96. The second-order valence-corrected chi connectivity index (χ2v) is 7.72. The van der Waals surface area contributed by atoms with Gasteiger partial charge in [-0.1, -0.05) is 35.9 Å². The zero-order valence-electron chi connectivity index (χ0n) is 17.4. The zero-order valence-corrected chi connectivity index (χ0v) is 17.4. The third-order valence-corrected chi connectivity index (χ3v) is 5.24. The molecule has 0 aromatic heterocycles. The van der Waals surface area contributed by atoms with Crippen LogP contribution in [-0.2, 0) is 16.0 Å². The minimum absolute atomic E-state index is 0.0784. The summed E-state index contributed by atoms with van der Waals surface area (Å²) in [5, 5.41) is 32.9. The Bertz CT molecular complexity index is 886. The molecule has 0 bridgehead atoms. The Morgan fingerprint density at radius 1 is 1.10 bits per heavy atom. The van der Waals surface area contributed by atoms with Gasteiger partial charge in [-0.25, -0.2) is 0 Å². The van der Waals surface area contributed by atoms with Crippen LogP contribution in [0.2, 0.25) is 0 Å². The van der Waals surface area contributed by atoms with Gasteiger partial charge < -0.3 is 30.1 Å². The first-order valence-electron chi connectivity index (χ1n) is 10.1. The van der Waals surface area contributed by atoms with Gasteiger partial charge in [-0.2, -0.15) is 0 Å². The number of hydrogen-bond donors (Lipinski definition) is 4. The molecular weight excluding hydrogens is 386 g/mol. The van der Waals surface area contributed by atoms with Crippen molar-refractivity contribution in [3.63, 3.8) is 0 Å². The van der Waals surface area contributed by atoms with Gasteiger partial charge in [-0.3, -0.25) is 4.79 Å². The quantitative estimate of drug-likeness (QED) is 0.570. The Kier molecular flexibility index (Phi) is 7.10. The third kappa shape index (κ3) is 5.17. The van der Waals surface area contributed by atoms with Gasteiger partial charge in [0.2, 0.25) is 12.2 Å². The summed E-state index contributed by atoms with van der Waals surface area (Å²) in [5.41, 5.74) is 4.10. The fourth-order valence-electron chi connectivity index (χ4n) is 3.55. The molecule has 2 aromatic carbocycles. The number of benzene rings is 2. The predicted octanol–water partition coefficient (Wildman–Crippen LogP) is 1.55. The van der Waals surface area contributed by atoms with Crippen LogP contribution in [0.3, 0.4) is 0 Å². The van der Waals surface area contributed by atoms with E-state index in [2.05, 4.69) is 11.4 Å². The van der Waals surface area contributed by atoms with Crippen LogP contribution in [0, 0.1) is 6.92 Å². The molecule has 0 spiro atoms. The topological polar surface area (TPSA) is 108 Å². The van der Waals surface area contributed by atoms with E-state index in [4.69, 9.17) is 9.47 Å². The number of carbonyl (C=O) groups is 1. The lowest BCUT2D eigenvalue weighted by Crippen LogP contribution is -2.58. The minimum Gasteiger partial charge on any atom is -0.462 e. The van der Waals surface area contributed by atoms with Crippen LogP contribution < -0.4 is 10.1 Å². The van der Waals surface area contributed by atoms with Crippen molar-refractivity contribution in [2.45, 2.75) is 57.9 Å². The molecule has 30 heavy (non-hydrogen) atoms. The first-order chi connectivity index (χ1) is 14.3. The lowest BCUT2D eigenvalue weighted by molar-refractivity contribution is -0.268. The normalized spacial score (nSPS) is 26.3. The average Bonchev–Trinajstić information content (AvgIpc) is 2.71. The van der Waals surface area contributed by atoms with Crippen molar-refractivity contribution >= 4 is 5.91 Å². The molecule has 1 aliphatic rings. The molecular formula is C23H29NO6. The molecule has 0 unspecified atom stereocenters. The second kappa shape index (κ2) is 9.57. The number of amides is 1. The van der Waals surface area contributed by atoms with E-state index in [1.807, 2.05) is 37.3 Å². The molecule has 4 N–H and O–H groups in total. The first-order valence-corrected chi connectivity index (χ1v) is 10.1. The smallest absolute Gasteiger partial charge is 0.229 e. The average molecular weight is 415 g/mol. The molecule has 0 saturated carbocycles. The molecule has 3 rings (SSSR count). The standard InChI is InChI=1S/C23H29NO6/c1-13-5-4-6-17(11-13)19-12-18(8-7-16(19)9-10-24-15(3)25)30-23-22(28)21(27)20(26)14(2)29-23/h4-8,11-12,14,20-23,26-28H,9-10H2,1-3H3,(H,24,25)/t14-,20+,21+,22-,23-/m0/s1. The van der Waals surface area contributed by atoms with E-state index in [1.165, 1.54) is 6.92 Å². The molecule has 7 nitrogen and oxygen atoms in total. The van der Waals surface area contributed by atoms with Crippen molar-refractivity contribution in [2.75, 3.05) is 6.54 Å². The summed E-state index contributed by atoms with van der Waals surface area (Å²) in [6, 6.07) is 13.6. The molecule has 7 heteroatoms. The number of carbonyl (C=O) groups excluding carboxylic acids is 1. The molecule has 1 amide bonds. The van der Waals surface area contributed by atoms with Gasteiger partial charge in [-0.15, -0.1) is 0 Å². The summed E-state index contributed by atoms with van der Waals surface area (Å²) in [6.45, 7) is 5.63. The molecule has 1 saturated heterocycles. The Hall–Kier alpha value is -2.45. The maximum Gasteiger partial charge on any atom is 0.229 e. The van der Waals surface area contributed by atoms with Crippen molar-refractivity contribution in [1.82, 2.24) is 5.32 Å². The van der Waals surface area contributed by atoms with Crippen LogP contribution in [0.5, 0.6) is 5.75 Å². The molecule has 1 fully saturated rings. The summed E-state index contributed by atoms with van der Waals surface area (Å²) in [5.74, 6) is 0.389. The summed E-state index contributed by atoms with van der Waals surface area (Å²) in [7, 11) is 0. The molecule has 1 aliphatic heterocycles. The summed E-state index contributed by atoms with van der Waals surface area (Å²) < 4.78 is 11.4. The van der Waals surface area contributed by atoms with Crippen LogP contribution in [0.25, 0.3) is 11.1 Å². The molecule has 0 aliphatic carbocycles. The van der Waals surface area contributed by atoms with Crippen molar-refractivity contribution in [3.05, 3.63) is 53.6 Å². The van der Waals surface area contributed by atoms with E-state index >= 15 is 0 Å². The van der Waals surface area contributed by atoms with Crippen LogP contribution in [0.1, 0.15) is 25.0 Å². The van der Waals surface area contributed by atoms with Gasteiger partial charge in [0.1, 0.15) is 24.1 Å². The van der Waals surface area contributed by atoms with Gasteiger partial charge in [0.05, 0.1) is 6.10 Å². The number of aliphatic hydroxyl groups is 3. The highest BCUT2D eigenvalue weighted by atomic mass is 16.7. The number of aliphatic hydroxyl groups excluding tert-OH is 3. The largest absolute Gasteiger partial charge is 0.462 e. The van der Waals surface area contributed by atoms with Crippen molar-refractivity contribution in [1.29, 1.82) is 0 Å². The van der Waals surface area contributed by atoms with Crippen molar-refractivity contribution < 1.29 is 29.6 Å². The van der Waals surface area contributed by atoms with E-state index in [9.17, 15) is 20.1 Å². The van der Waals surface area contributed by atoms with Gasteiger partial charge in [0.15, 0.2) is 0 Å². The van der Waals surface area contributed by atoms with Crippen LogP contribution in [0.15, 0.2) is 42.5 Å². The summed E-state index contributed by atoms with van der Waals surface area (Å²) in [4.78, 5) is 11.2. The van der Waals surface area contributed by atoms with E-state index in [1.54, 1.807) is 13.0 Å². The van der Waals surface area contributed by atoms with Gasteiger partial charge in [0.25, 0.3) is 0 Å². The van der Waals surface area contributed by atoms with E-state index in [0.717, 1.165) is 22.3 Å². The SMILES string of the molecule is CC(=O)NCCc1ccc(O[C@@H]2O[C@@H](C)[C@@H](O)[C@@H](O)[C@@H]2O)cc1-c1cccc(C)c1. The highest BCUT2D eigenvalue weighted by molar-refractivity contribution is 5.73. The summed E-state index contributed by atoms with van der Waals surface area (Å²) >= 11 is 0. The highest BCUT2D eigenvalue weighted by Gasteiger charge is 2.43. The predicted molar refractivity (Wildman–Crippen MR) is 112 cm³/mol. The number of ether oxygens (including phenoxy) is 2. The monoisotopic (exact) mass is 415 g/mol. The number of hydrogen-bond acceptors (Lipinski definition) is 6. The van der Waals surface area contributed by atoms with Crippen molar-refractivity contribution in [2.24, 2.45) is 0 Å². The fraction of sp³-hybridized carbons (Fsp3) is 0.435. The Labute approximate surface area is 176 Å². The molecule has 162 valence electrons. The van der Waals surface area contributed by atoms with E-state index < -0.39 is 30.7 Å². The highest BCUT2D eigenvalue weighted by Crippen LogP contribution is 2.31. The maximum atomic E-state index is 11.2. The summed E-state index contributed by atoms with van der Waals surface area (Å²) in [6.07, 6.45) is -5.05. The molecule has 1 heterocycles. The maximum absolute atomic E-state index is 11.2. The zero-order chi connectivity index (χ0) is 21.8. The van der Waals surface area contributed by atoms with Crippen LogP contribution in [-0.4, -0.2) is 58.5 Å². The Morgan fingerprint density at radius 3 is 2.57 bits per heavy atom. The molecule has 0 radical (unpaired) electrons. The Balaban J connectivity index is 1.87. The van der Waals surface area contributed by atoms with Crippen LogP contribution in [0.4, 0.5) is 0 Å². The first kappa shape index (κ1) is 22.2. The minimum atomic E-state index is -1.38. The lowest BCUT2D eigenvalue weighted by Gasteiger charge is -2.39. The van der Waals surface area contributed by atoms with E-state index in [0.29, 0.717) is 18.7 Å². The van der Waals surface area contributed by atoms with Crippen molar-refractivity contribution in [3.8, 4) is 16.9 Å². The van der Waals surface area contributed by atoms with Gasteiger partial charge >= 0.3 is 0 Å². The molecule has 5 atom stereocenters. The third-order valence-electron chi connectivity index (χ3n) is 5.24. The Morgan fingerprint density at radius 2 is 1.87 bits per heavy atom. The van der Waals surface area contributed by atoms with Gasteiger partial charge in [-0.05, 0) is 49.1 Å². The van der Waals surface area contributed by atoms with Crippen LogP contribution >= 0.6 is 0 Å². The number of rotatable bonds is 6. The number of nitrogens with one attached hydrogen (secondary N) is 1.